The smallest absolute Gasteiger partial charge is 0.255 e. The van der Waals surface area contributed by atoms with Crippen LogP contribution in [0.1, 0.15) is 26.3 Å². The van der Waals surface area contributed by atoms with Gasteiger partial charge < -0.3 is 5.32 Å². The normalized spacial score (nSPS) is 10.7. The molecule has 0 unspecified atom stereocenters. The lowest BCUT2D eigenvalue weighted by atomic mass is 10.0. The van der Waals surface area contributed by atoms with Crippen LogP contribution in [0.5, 0.6) is 0 Å². The molecule has 1 aromatic heterocycles. The first-order valence-corrected chi connectivity index (χ1v) is 8.76. The summed E-state index contributed by atoms with van der Waals surface area (Å²) in [5, 5.41) is 3.28. The van der Waals surface area contributed by atoms with Crippen LogP contribution in [0.15, 0.2) is 79.0 Å². The van der Waals surface area contributed by atoms with Crippen molar-refractivity contribution in [1.29, 1.82) is 0 Å². The van der Waals surface area contributed by atoms with E-state index in [9.17, 15) is 18.4 Å². The zero-order valence-electron chi connectivity index (χ0n) is 15.0. The molecule has 4 rings (SSSR count). The third kappa shape index (κ3) is 4.01. The Bertz CT molecular complexity index is 1250. The van der Waals surface area contributed by atoms with E-state index in [1.54, 1.807) is 30.5 Å². The monoisotopic (exact) mass is 388 g/mol. The third-order valence-electron chi connectivity index (χ3n) is 4.37. The molecule has 1 amide bonds. The first kappa shape index (κ1) is 18.4. The quantitative estimate of drug-likeness (QED) is 0.501. The van der Waals surface area contributed by atoms with Crippen LogP contribution in [0.25, 0.3) is 10.9 Å². The summed E-state index contributed by atoms with van der Waals surface area (Å²) in [6, 6.07) is 17.3. The highest BCUT2D eigenvalue weighted by Crippen LogP contribution is 2.21. The number of nitrogens with zero attached hydrogens (tertiary/aromatic N) is 1. The van der Waals surface area contributed by atoms with Gasteiger partial charge in [-0.3, -0.25) is 14.6 Å². The van der Waals surface area contributed by atoms with E-state index in [0.717, 1.165) is 29.1 Å². The Labute approximate surface area is 164 Å². The molecule has 0 aliphatic rings. The van der Waals surface area contributed by atoms with Crippen LogP contribution in [0.2, 0.25) is 0 Å². The fourth-order valence-electron chi connectivity index (χ4n) is 3.01. The summed E-state index contributed by atoms with van der Waals surface area (Å²) in [5.74, 6) is -2.23. The maximum absolute atomic E-state index is 14.1. The number of ketones is 1. The number of hydrogen-bond acceptors (Lipinski definition) is 3. The molecule has 0 saturated carbocycles. The molecule has 4 aromatic rings. The molecule has 142 valence electrons. The Balaban J connectivity index is 1.63. The van der Waals surface area contributed by atoms with Crippen molar-refractivity contribution in [3.8, 4) is 0 Å². The number of halogens is 2. The fraction of sp³-hybridized carbons (Fsp3) is 0. The van der Waals surface area contributed by atoms with Crippen LogP contribution < -0.4 is 5.32 Å². The maximum atomic E-state index is 14.1. The summed E-state index contributed by atoms with van der Waals surface area (Å²) in [6.45, 7) is 0. The van der Waals surface area contributed by atoms with Crippen molar-refractivity contribution in [3.63, 3.8) is 0 Å². The van der Waals surface area contributed by atoms with Crippen LogP contribution in [-0.2, 0) is 0 Å². The topological polar surface area (TPSA) is 59.1 Å². The number of anilines is 1. The molecule has 0 saturated heterocycles. The van der Waals surface area contributed by atoms with Crippen molar-refractivity contribution >= 4 is 28.3 Å². The number of amides is 1. The summed E-state index contributed by atoms with van der Waals surface area (Å²) in [6.07, 6.45) is 1.66. The van der Waals surface area contributed by atoms with E-state index in [1.165, 1.54) is 24.3 Å². The second-order valence-corrected chi connectivity index (χ2v) is 6.43. The Hall–Kier alpha value is -3.93. The highest BCUT2D eigenvalue weighted by Gasteiger charge is 2.14. The Morgan fingerprint density at radius 3 is 2.41 bits per heavy atom. The van der Waals surface area contributed by atoms with Gasteiger partial charge in [0, 0.05) is 34.0 Å². The molecule has 0 atom stereocenters. The second-order valence-electron chi connectivity index (χ2n) is 6.43. The first-order valence-electron chi connectivity index (χ1n) is 8.76. The lowest BCUT2D eigenvalue weighted by Gasteiger charge is -2.09. The van der Waals surface area contributed by atoms with E-state index in [2.05, 4.69) is 10.3 Å². The van der Waals surface area contributed by atoms with Crippen molar-refractivity contribution in [2.75, 3.05) is 5.32 Å². The number of nitrogens with one attached hydrogen (secondary N) is 1. The summed E-state index contributed by atoms with van der Waals surface area (Å²) >= 11 is 0. The average molecular weight is 388 g/mol. The number of aromatic nitrogens is 1. The summed E-state index contributed by atoms with van der Waals surface area (Å²) < 4.78 is 27.4. The fourth-order valence-corrected chi connectivity index (χ4v) is 3.01. The number of pyridine rings is 1. The molecule has 1 N–H and O–H groups in total. The van der Waals surface area contributed by atoms with Crippen molar-refractivity contribution in [2.24, 2.45) is 0 Å². The molecular formula is C23H14F2N2O2. The molecule has 3 aromatic carbocycles. The van der Waals surface area contributed by atoms with Crippen molar-refractivity contribution in [2.45, 2.75) is 0 Å². The molecule has 29 heavy (non-hydrogen) atoms. The SMILES string of the molecule is O=C(Nc1cc(F)cc(C(=O)c2ccc3ncccc3c2)c1)c1cccc(F)c1. The number of benzene rings is 3. The Morgan fingerprint density at radius 2 is 1.59 bits per heavy atom. The highest BCUT2D eigenvalue weighted by molar-refractivity contribution is 6.11. The van der Waals surface area contributed by atoms with Gasteiger partial charge in [-0.1, -0.05) is 12.1 Å². The molecule has 6 heteroatoms. The van der Waals surface area contributed by atoms with Crippen LogP contribution in [-0.4, -0.2) is 16.7 Å². The van der Waals surface area contributed by atoms with Crippen LogP contribution >= 0.6 is 0 Å². The van der Waals surface area contributed by atoms with Gasteiger partial charge in [0.25, 0.3) is 5.91 Å². The first-order chi connectivity index (χ1) is 14.0. The molecule has 1 heterocycles. The average Bonchev–Trinajstić information content (AvgIpc) is 2.72. The van der Waals surface area contributed by atoms with Gasteiger partial charge >= 0.3 is 0 Å². The van der Waals surface area contributed by atoms with E-state index in [-0.39, 0.29) is 16.8 Å². The number of hydrogen-bond donors (Lipinski definition) is 1. The zero-order chi connectivity index (χ0) is 20.4. The number of fused-ring (bicyclic) bond motifs is 1. The molecule has 0 radical (unpaired) electrons. The lowest BCUT2D eigenvalue weighted by Crippen LogP contribution is -2.13. The predicted molar refractivity (Wildman–Crippen MR) is 106 cm³/mol. The maximum Gasteiger partial charge on any atom is 0.255 e. The molecule has 4 nitrogen and oxygen atoms in total. The number of carbonyl (C=O) groups excluding carboxylic acids is 2. The third-order valence-corrected chi connectivity index (χ3v) is 4.37. The minimum absolute atomic E-state index is 0.0859. The second kappa shape index (κ2) is 7.59. The number of carbonyl (C=O) groups is 2. The zero-order valence-corrected chi connectivity index (χ0v) is 15.0. The Morgan fingerprint density at radius 1 is 0.759 bits per heavy atom. The summed E-state index contributed by atoms with van der Waals surface area (Å²) in [4.78, 5) is 29.3. The van der Waals surface area contributed by atoms with E-state index >= 15 is 0 Å². The summed E-state index contributed by atoms with van der Waals surface area (Å²) in [7, 11) is 0. The van der Waals surface area contributed by atoms with E-state index in [4.69, 9.17) is 0 Å². The standard InChI is InChI=1S/C23H14F2N2O2/c24-18-5-1-3-16(10-18)23(29)27-20-12-17(11-19(25)13-20)22(28)15-6-7-21-14(9-15)4-2-8-26-21/h1-13H,(H,27,29). The minimum atomic E-state index is -0.673. The van der Waals surface area contributed by atoms with Gasteiger partial charge in [-0.25, -0.2) is 8.78 Å². The van der Waals surface area contributed by atoms with Crippen LogP contribution in [0, 0.1) is 11.6 Å². The van der Waals surface area contributed by atoms with Gasteiger partial charge in [0.05, 0.1) is 5.52 Å². The number of rotatable bonds is 4. The largest absolute Gasteiger partial charge is 0.322 e. The molecule has 0 bridgehead atoms. The molecule has 0 aliphatic heterocycles. The molecule has 0 aliphatic carbocycles. The van der Waals surface area contributed by atoms with Crippen LogP contribution in [0.3, 0.4) is 0 Å². The lowest BCUT2D eigenvalue weighted by molar-refractivity contribution is 0.102. The van der Waals surface area contributed by atoms with Gasteiger partial charge in [-0.15, -0.1) is 0 Å². The predicted octanol–water partition coefficient (Wildman–Crippen LogP) is 5.00. The van der Waals surface area contributed by atoms with Gasteiger partial charge in [-0.05, 0) is 60.7 Å². The van der Waals surface area contributed by atoms with Crippen molar-refractivity contribution < 1.29 is 18.4 Å². The van der Waals surface area contributed by atoms with Crippen LogP contribution in [0.4, 0.5) is 14.5 Å². The van der Waals surface area contributed by atoms with E-state index < -0.39 is 23.3 Å². The van der Waals surface area contributed by atoms with Gasteiger partial charge in [0.15, 0.2) is 5.78 Å². The van der Waals surface area contributed by atoms with E-state index in [0.29, 0.717) is 5.56 Å². The van der Waals surface area contributed by atoms with E-state index in [1.807, 2.05) is 6.07 Å². The highest BCUT2D eigenvalue weighted by atomic mass is 19.1. The van der Waals surface area contributed by atoms with Gasteiger partial charge in [0.1, 0.15) is 11.6 Å². The molecule has 0 spiro atoms. The Kier molecular flexibility index (Phi) is 4.83. The van der Waals surface area contributed by atoms with Crippen molar-refractivity contribution in [1.82, 2.24) is 4.98 Å². The summed E-state index contributed by atoms with van der Waals surface area (Å²) in [5.41, 5.74) is 1.39. The van der Waals surface area contributed by atoms with Gasteiger partial charge in [0.2, 0.25) is 0 Å². The van der Waals surface area contributed by atoms with Crippen molar-refractivity contribution in [3.05, 3.63) is 107 Å². The molecular weight excluding hydrogens is 374 g/mol. The van der Waals surface area contributed by atoms with Gasteiger partial charge in [-0.2, -0.15) is 0 Å². The minimum Gasteiger partial charge on any atom is -0.322 e. The molecule has 0 fully saturated rings.